The van der Waals surface area contributed by atoms with Crippen molar-refractivity contribution in [1.82, 2.24) is 15.1 Å². The second-order valence-electron chi connectivity index (χ2n) is 7.39. The van der Waals surface area contributed by atoms with Crippen molar-refractivity contribution in [2.45, 2.75) is 73.6 Å². The van der Waals surface area contributed by atoms with Gasteiger partial charge < -0.3 is 19.9 Å². The molecule has 182 valence electrons. The number of nitrogens with zero attached hydrogens (tertiary/aromatic N) is 2. The van der Waals surface area contributed by atoms with E-state index in [-0.39, 0.29) is 5.91 Å². The molecule has 2 rings (SSSR count). The molecule has 1 aliphatic heterocycles. The Morgan fingerprint density at radius 1 is 1.00 bits per heavy atom. The zero-order valence-electron chi connectivity index (χ0n) is 21.8. The van der Waals surface area contributed by atoms with Crippen molar-refractivity contribution in [2.75, 3.05) is 53.4 Å². The minimum Gasteiger partial charge on any atom is -0.494 e. The predicted octanol–water partition coefficient (Wildman–Crippen LogP) is 5.70. The number of hydrogen-bond acceptors (Lipinski definition) is 4. The van der Waals surface area contributed by atoms with E-state index in [0.717, 1.165) is 31.9 Å². The third-order valence-electron chi connectivity index (χ3n) is 4.30. The maximum Gasteiger partial charge on any atom is 0.251 e. The molecule has 0 bridgehead atoms. The highest BCUT2D eigenvalue weighted by Gasteiger charge is 2.09. The maximum absolute atomic E-state index is 12.0. The van der Waals surface area contributed by atoms with Crippen LogP contribution in [0.4, 0.5) is 0 Å². The molecular formula is C26H51N3O2. The number of carbonyl (C=O) groups is 1. The molecule has 31 heavy (non-hydrogen) atoms. The second-order valence-corrected chi connectivity index (χ2v) is 7.39. The lowest BCUT2D eigenvalue weighted by atomic mass is 10.1. The number of ether oxygens (including phenoxy) is 1. The van der Waals surface area contributed by atoms with Crippen molar-refractivity contribution in [3.05, 3.63) is 29.8 Å². The largest absolute Gasteiger partial charge is 0.494 e. The number of rotatable bonds is 9. The first kappa shape index (κ1) is 31.6. The van der Waals surface area contributed by atoms with Crippen LogP contribution in [-0.4, -0.2) is 69.1 Å². The Balaban J connectivity index is 0. The Morgan fingerprint density at radius 3 is 2.06 bits per heavy atom. The topological polar surface area (TPSA) is 44.8 Å². The van der Waals surface area contributed by atoms with Gasteiger partial charge in [-0.25, -0.2) is 0 Å². The van der Waals surface area contributed by atoms with Gasteiger partial charge in [0, 0.05) is 25.2 Å². The van der Waals surface area contributed by atoms with Crippen molar-refractivity contribution in [3.63, 3.8) is 0 Å². The molecule has 0 aromatic heterocycles. The molecule has 5 nitrogen and oxygen atoms in total. The van der Waals surface area contributed by atoms with Crippen LogP contribution in [0.2, 0.25) is 0 Å². The quantitative estimate of drug-likeness (QED) is 0.503. The Morgan fingerprint density at radius 2 is 1.55 bits per heavy atom. The van der Waals surface area contributed by atoms with Crippen LogP contribution >= 0.6 is 0 Å². The van der Waals surface area contributed by atoms with Gasteiger partial charge in [0.1, 0.15) is 5.75 Å². The lowest BCUT2D eigenvalue weighted by Gasteiger charge is -2.26. The summed E-state index contributed by atoms with van der Waals surface area (Å²) in [5.41, 5.74) is 0.675. The fourth-order valence-corrected chi connectivity index (χ4v) is 2.86. The molecule has 1 aliphatic rings. The Kier molecular flexibility index (Phi) is 23.5. The van der Waals surface area contributed by atoms with E-state index in [1.165, 1.54) is 38.8 Å². The van der Waals surface area contributed by atoms with E-state index in [9.17, 15) is 4.79 Å². The summed E-state index contributed by atoms with van der Waals surface area (Å²) >= 11 is 0. The fraction of sp³-hybridized carbons (Fsp3) is 0.731. The SMILES string of the molecule is CC.CC.CCC.CN(C)CCNC(=O)c1ccc(OCCCN2CCCCC2)cc1. The minimum absolute atomic E-state index is 0.0338. The fourth-order valence-electron chi connectivity index (χ4n) is 2.86. The zero-order chi connectivity index (χ0) is 23.9. The maximum atomic E-state index is 12.0. The van der Waals surface area contributed by atoms with Crippen LogP contribution in [0.3, 0.4) is 0 Å². The number of carbonyl (C=O) groups excluding carboxylic acids is 1. The Bertz CT molecular complexity index is 498. The summed E-state index contributed by atoms with van der Waals surface area (Å²) in [5.74, 6) is 0.798. The van der Waals surface area contributed by atoms with Crippen LogP contribution < -0.4 is 10.1 Å². The molecule has 1 heterocycles. The Labute approximate surface area is 193 Å². The van der Waals surface area contributed by atoms with Gasteiger partial charge >= 0.3 is 0 Å². The number of likely N-dealkylation sites (N-methyl/N-ethyl adjacent to an activating group) is 1. The minimum atomic E-state index is -0.0338. The van der Waals surface area contributed by atoms with E-state index in [0.29, 0.717) is 12.1 Å². The number of nitrogens with one attached hydrogen (secondary N) is 1. The summed E-state index contributed by atoms with van der Waals surface area (Å²) in [6.45, 7) is 18.1. The van der Waals surface area contributed by atoms with Gasteiger partial charge in [-0.2, -0.15) is 0 Å². The first-order valence-corrected chi connectivity index (χ1v) is 12.4. The molecule has 1 N–H and O–H groups in total. The summed E-state index contributed by atoms with van der Waals surface area (Å²) in [6, 6.07) is 7.40. The van der Waals surface area contributed by atoms with Crippen LogP contribution in [0.1, 0.15) is 84.0 Å². The van der Waals surface area contributed by atoms with E-state index in [4.69, 9.17) is 4.74 Å². The monoisotopic (exact) mass is 437 g/mol. The third-order valence-corrected chi connectivity index (χ3v) is 4.30. The normalized spacial score (nSPS) is 12.9. The molecule has 0 atom stereocenters. The highest BCUT2D eigenvalue weighted by molar-refractivity contribution is 5.94. The van der Waals surface area contributed by atoms with Gasteiger partial charge in [-0.15, -0.1) is 0 Å². The lowest BCUT2D eigenvalue weighted by Crippen LogP contribution is -2.31. The lowest BCUT2D eigenvalue weighted by molar-refractivity contribution is 0.0951. The van der Waals surface area contributed by atoms with Gasteiger partial charge in [0.15, 0.2) is 0 Å². The van der Waals surface area contributed by atoms with Gasteiger partial charge in [-0.1, -0.05) is 54.4 Å². The summed E-state index contributed by atoms with van der Waals surface area (Å²) in [6.07, 6.45) is 6.34. The molecule has 0 unspecified atom stereocenters. The van der Waals surface area contributed by atoms with Crippen LogP contribution in [0.5, 0.6) is 5.75 Å². The average molecular weight is 438 g/mol. The van der Waals surface area contributed by atoms with E-state index in [2.05, 4.69) is 24.1 Å². The standard InChI is InChI=1S/C19H31N3O2.C3H8.2C2H6/c1-21(2)15-11-20-19(23)17-7-9-18(10-8-17)24-16-6-14-22-12-4-3-5-13-22;1-3-2;2*1-2/h7-10H,3-6,11-16H2,1-2H3,(H,20,23);3H2,1-2H3;2*1-2H3. The average Bonchev–Trinajstić information content (AvgIpc) is 2.81. The van der Waals surface area contributed by atoms with Crippen LogP contribution in [-0.2, 0) is 0 Å². The molecule has 0 saturated carbocycles. The number of piperidine rings is 1. The molecule has 0 radical (unpaired) electrons. The van der Waals surface area contributed by atoms with Gasteiger partial charge in [0.2, 0.25) is 0 Å². The molecular weight excluding hydrogens is 386 g/mol. The van der Waals surface area contributed by atoms with E-state index >= 15 is 0 Å². The van der Waals surface area contributed by atoms with Crippen LogP contribution in [0.25, 0.3) is 0 Å². The van der Waals surface area contributed by atoms with Crippen molar-refractivity contribution in [1.29, 1.82) is 0 Å². The number of amides is 1. The third kappa shape index (κ3) is 17.8. The first-order chi connectivity index (χ1) is 15.1. The predicted molar refractivity (Wildman–Crippen MR) is 136 cm³/mol. The zero-order valence-corrected chi connectivity index (χ0v) is 21.8. The van der Waals surface area contributed by atoms with Gasteiger partial charge in [0.05, 0.1) is 6.61 Å². The summed E-state index contributed by atoms with van der Waals surface area (Å²) < 4.78 is 5.78. The van der Waals surface area contributed by atoms with Crippen molar-refractivity contribution >= 4 is 5.91 Å². The Hall–Kier alpha value is -1.59. The number of likely N-dealkylation sites (tertiary alicyclic amines) is 1. The summed E-state index contributed by atoms with van der Waals surface area (Å²) in [7, 11) is 3.98. The molecule has 1 saturated heterocycles. The summed E-state index contributed by atoms with van der Waals surface area (Å²) in [5, 5.41) is 2.91. The van der Waals surface area contributed by atoms with Crippen molar-refractivity contribution < 1.29 is 9.53 Å². The number of hydrogen-bond donors (Lipinski definition) is 1. The highest BCUT2D eigenvalue weighted by Crippen LogP contribution is 2.13. The van der Waals surface area contributed by atoms with Crippen LogP contribution in [0.15, 0.2) is 24.3 Å². The van der Waals surface area contributed by atoms with Gasteiger partial charge in [-0.05, 0) is 70.7 Å². The van der Waals surface area contributed by atoms with E-state index in [1.54, 1.807) is 0 Å². The van der Waals surface area contributed by atoms with Gasteiger partial charge in [-0.3, -0.25) is 4.79 Å². The van der Waals surface area contributed by atoms with E-state index < -0.39 is 0 Å². The molecule has 1 aromatic rings. The van der Waals surface area contributed by atoms with Crippen molar-refractivity contribution in [3.8, 4) is 5.75 Å². The molecule has 0 spiro atoms. The molecule has 1 fully saturated rings. The van der Waals surface area contributed by atoms with Crippen molar-refractivity contribution in [2.24, 2.45) is 0 Å². The molecule has 5 heteroatoms. The molecule has 0 aliphatic carbocycles. The van der Waals surface area contributed by atoms with Gasteiger partial charge in [0.25, 0.3) is 5.91 Å². The van der Waals surface area contributed by atoms with Crippen LogP contribution in [0, 0.1) is 0 Å². The van der Waals surface area contributed by atoms with E-state index in [1.807, 2.05) is 71.0 Å². The second kappa shape index (κ2) is 23.1. The molecule has 1 amide bonds. The number of benzene rings is 1. The first-order valence-electron chi connectivity index (χ1n) is 12.4. The molecule has 1 aromatic carbocycles. The smallest absolute Gasteiger partial charge is 0.251 e. The highest BCUT2D eigenvalue weighted by atomic mass is 16.5. The summed E-state index contributed by atoms with van der Waals surface area (Å²) in [4.78, 5) is 16.6.